The fourth-order valence-electron chi connectivity index (χ4n) is 4.11. The van der Waals surface area contributed by atoms with Crippen LogP contribution in [0.3, 0.4) is 0 Å². The van der Waals surface area contributed by atoms with Gasteiger partial charge >= 0.3 is 0 Å². The van der Waals surface area contributed by atoms with E-state index in [1.165, 1.54) is 24.8 Å². The number of benzene rings is 1. The molecule has 1 aliphatic heterocycles. The van der Waals surface area contributed by atoms with Gasteiger partial charge in [-0.25, -0.2) is 0 Å². The van der Waals surface area contributed by atoms with E-state index >= 15 is 0 Å². The van der Waals surface area contributed by atoms with E-state index in [4.69, 9.17) is 0 Å². The molecule has 3 rings (SSSR count). The SMILES string of the molecule is C[C@@H](C(=O)NC1(c2ccccc2)CCCCC1)N1CCN(C)CC1. The van der Waals surface area contributed by atoms with E-state index in [0.29, 0.717) is 0 Å². The van der Waals surface area contributed by atoms with Gasteiger partial charge in [0.2, 0.25) is 5.91 Å². The van der Waals surface area contributed by atoms with Gasteiger partial charge in [0.25, 0.3) is 0 Å². The molecule has 2 fully saturated rings. The Bertz CT molecular complexity index is 531. The van der Waals surface area contributed by atoms with Gasteiger partial charge in [0.1, 0.15) is 0 Å². The third kappa shape index (κ3) is 3.81. The zero-order valence-corrected chi connectivity index (χ0v) is 15.1. The van der Waals surface area contributed by atoms with Gasteiger partial charge in [0.05, 0.1) is 11.6 Å². The van der Waals surface area contributed by atoms with E-state index < -0.39 is 0 Å². The number of likely N-dealkylation sites (N-methyl/N-ethyl adjacent to an activating group) is 1. The van der Waals surface area contributed by atoms with Crippen LogP contribution in [0.25, 0.3) is 0 Å². The van der Waals surface area contributed by atoms with Crippen molar-refractivity contribution >= 4 is 5.91 Å². The lowest BCUT2D eigenvalue weighted by molar-refractivity contribution is -0.129. The molecular weight excluding hydrogens is 298 g/mol. The van der Waals surface area contributed by atoms with Crippen molar-refractivity contribution in [1.82, 2.24) is 15.1 Å². The molecule has 1 saturated carbocycles. The normalized spacial score (nSPS) is 23.6. The Morgan fingerprint density at radius 3 is 2.29 bits per heavy atom. The summed E-state index contributed by atoms with van der Waals surface area (Å²) in [6, 6.07) is 10.5. The van der Waals surface area contributed by atoms with Crippen molar-refractivity contribution in [1.29, 1.82) is 0 Å². The van der Waals surface area contributed by atoms with E-state index in [1.54, 1.807) is 0 Å². The third-order valence-electron chi connectivity index (χ3n) is 5.86. The molecule has 0 bridgehead atoms. The van der Waals surface area contributed by atoms with Gasteiger partial charge in [-0.1, -0.05) is 49.6 Å². The van der Waals surface area contributed by atoms with Gasteiger partial charge in [-0.3, -0.25) is 9.69 Å². The molecule has 0 unspecified atom stereocenters. The maximum atomic E-state index is 13.0. The number of carbonyl (C=O) groups is 1. The molecular formula is C20H31N3O. The number of amides is 1. The van der Waals surface area contributed by atoms with E-state index in [1.807, 2.05) is 0 Å². The maximum Gasteiger partial charge on any atom is 0.237 e. The first-order chi connectivity index (χ1) is 11.6. The van der Waals surface area contributed by atoms with E-state index in [-0.39, 0.29) is 17.5 Å². The van der Waals surface area contributed by atoms with Crippen LogP contribution in [0.5, 0.6) is 0 Å². The fourth-order valence-corrected chi connectivity index (χ4v) is 4.11. The van der Waals surface area contributed by atoms with Gasteiger partial charge in [0.15, 0.2) is 0 Å². The Hall–Kier alpha value is -1.39. The molecule has 1 aromatic rings. The lowest BCUT2D eigenvalue weighted by atomic mass is 9.76. The van der Waals surface area contributed by atoms with Crippen molar-refractivity contribution in [3.8, 4) is 0 Å². The van der Waals surface area contributed by atoms with E-state index in [2.05, 4.69) is 59.4 Å². The van der Waals surface area contributed by atoms with E-state index in [9.17, 15) is 4.79 Å². The zero-order chi connectivity index (χ0) is 17.0. The number of hydrogen-bond acceptors (Lipinski definition) is 3. The van der Waals surface area contributed by atoms with Gasteiger partial charge in [-0.05, 0) is 32.4 Å². The standard InChI is InChI=1S/C20H31N3O/c1-17(23-15-13-22(2)14-16-23)19(24)21-20(11-7-4-8-12-20)18-9-5-3-6-10-18/h3,5-6,9-10,17H,4,7-8,11-16H2,1-2H3,(H,21,24)/t17-/m0/s1. The molecule has 0 radical (unpaired) electrons. The molecule has 2 aliphatic rings. The van der Waals surface area contributed by atoms with Crippen LogP contribution < -0.4 is 5.32 Å². The topological polar surface area (TPSA) is 35.6 Å². The summed E-state index contributed by atoms with van der Waals surface area (Å²) in [5, 5.41) is 3.46. The number of hydrogen-bond donors (Lipinski definition) is 1. The minimum absolute atomic E-state index is 0.0544. The van der Waals surface area contributed by atoms with Gasteiger partial charge < -0.3 is 10.2 Å². The largest absolute Gasteiger partial charge is 0.345 e. The Morgan fingerprint density at radius 2 is 1.67 bits per heavy atom. The molecule has 132 valence electrons. The number of carbonyl (C=O) groups excluding carboxylic acids is 1. The smallest absolute Gasteiger partial charge is 0.237 e. The summed E-state index contributed by atoms with van der Waals surface area (Å²) in [4.78, 5) is 17.6. The highest BCUT2D eigenvalue weighted by Gasteiger charge is 2.37. The second-order valence-electron chi connectivity index (χ2n) is 7.51. The quantitative estimate of drug-likeness (QED) is 0.922. The van der Waals surface area contributed by atoms with Crippen molar-refractivity contribution in [3.05, 3.63) is 35.9 Å². The molecule has 1 heterocycles. The molecule has 1 amide bonds. The second-order valence-corrected chi connectivity index (χ2v) is 7.51. The molecule has 4 nitrogen and oxygen atoms in total. The van der Waals surface area contributed by atoms with Crippen molar-refractivity contribution in [2.45, 2.75) is 50.6 Å². The van der Waals surface area contributed by atoms with Gasteiger partial charge in [-0.2, -0.15) is 0 Å². The van der Waals surface area contributed by atoms with Crippen molar-refractivity contribution in [2.75, 3.05) is 33.2 Å². The van der Waals surface area contributed by atoms with Crippen LogP contribution in [-0.4, -0.2) is 55.0 Å². The number of nitrogens with one attached hydrogen (secondary N) is 1. The van der Waals surface area contributed by atoms with Crippen molar-refractivity contribution < 1.29 is 4.79 Å². The molecule has 1 atom stereocenters. The highest BCUT2D eigenvalue weighted by atomic mass is 16.2. The summed E-state index contributed by atoms with van der Waals surface area (Å²) in [7, 11) is 2.15. The minimum Gasteiger partial charge on any atom is -0.345 e. The summed E-state index contributed by atoms with van der Waals surface area (Å²) >= 11 is 0. The minimum atomic E-state index is -0.169. The molecule has 24 heavy (non-hydrogen) atoms. The number of nitrogens with zero attached hydrogens (tertiary/aromatic N) is 2. The molecule has 1 N–H and O–H groups in total. The second kappa shape index (κ2) is 7.66. The summed E-state index contributed by atoms with van der Waals surface area (Å²) in [6.07, 6.45) is 5.77. The lowest BCUT2D eigenvalue weighted by Crippen LogP contribution is -2.57. The van der Waals surface area contributed by atoms with Crippen molar-refractivity contribution in [3.63, 3.8) is 0 Å². The van der Waals surface area contributed by atoms with Crippen LogP contribution in [0, 0.1) is 0 Å². The fraction of sp³-hybridized carbons (Fsp3) is 0.650. The molecule has 0 spiro atoms. The third-order valence-corrected chi connectivity index (χ3v) is 5.86. The maximum absolute atomic E-state index is 13.0. The molecule has 1 aliphatic carbocycles. The Morgan fingerprint density at radius 1 is 1.04 bits per heavy atom. The predicted octanol–water partition coefficient (Wildman–Crippen LogP) is 2.60. The summed E-state index contributed by atoms with van der Waals surface area (Å²) in [5.74, 6) is 0.185. The summed E-state index contributed by atoms with van der Waals surface area (Å²) < 4.78 is 0. The van der Waals surface area contributed by atoms with Crippen LogP contribution >= 0.6 is 0 Å². The van der Waals surface area contributed by atoms with Crippen LogP contribution in [0.2, 0.25) is 0 Å². The van der Waals surface area contributed by atoms with Gasteiger partial charge in [-0.15, -0.1) is 0 Å². The first kappa shape index (κ1) is 17.4. The van der Waals surface area contributed by atoms with Crippen LogP contribution in [0.1, 0.15) is 44.6 Å². The first-order valence-corrected chi connectivity index (χ1v) is 9.41. The zero-order valence-electron chi connectivity index (χ0n) is 15.1. The highest BCUT2D eigenvalue weighted by molar-refractivity contribution is 5.82. The Balaban J connectivity index is 1.71. The van der Waals surface area contributed by atoms with Gasteiger partial charge in [0, 0.05) is 26.2 Å². The van der Waals surface area contributed by atoms with Crippen LogP contribution in [0.4, 0.5) is 0 Å². The molecule has 4 heteroatoms. The molecule has 0 aromatic heterocycles. The highest BCUT2D eigenvalue weighted by Crippen LogP contribution is 2.37. The average Bonchev–Trinajstić information content (AvgIpc) is 2.63. The molecule has 1 aromatic carbocycles. The summed E-state index contributed by atoms with van der Waals surface area (Å²) in [6.45, 7) is 6.10. The monoisotopic (exact) mass is 329 g/mol. The van der Waals surface area contributed by atoms with Crippen LogP contribution in [-0.2, 0) is 10.3 Å². The average molecular weight is 329 g/mol. The summed E-state index contributed by atoms with van der Waals surface area (Å²) in [5.41, 5.74) is 1.10. The Kier molecular flexibility index (Phi) is 5.57. The predicted molar refractivity (Wildman–Crippen MR) is 97.9 cm³/mol. The molecule has 1 saturated heterocycles. The Labute approximate surface area is 146 Å². The van der Waals surface area contributed by atoms with Crippen molar-refractivity contribution in [2.24, 2.45) is 0 Å². The van der Waals surface area contributed by atoms with E-state index in [0.717, 1.165) is 39.0 Å². The number of piperazine rings is 1. The first-order valence-electron chi connectivity index (χ1n) is 9.41. The lowest BCUT2D eigenvalue weighted by Gasteiger charge is -2.41. The number of rotatable bonds is 4. The van der Waals surface area contributed by atoms with Crippen LogP contribution in [0.15, 0.2) is 30.3 Å².